The number of hydrogen-bond donors (Lipinski definition) is 0. The monoisotopic (exact) mass is 339 g/mol. The van der Waals surface area contributed by atoms with E-state index >= 15 is 0 Å². The molecule has 2 fully saturated rings. The summed E-state index contributed by atoms with van der Waals surface area (Å²) in [5, 5.41) is 12.7. The van der Waals surface area contributed by atoms with Crippen LogP contribution in [0.4, 0.5) is 0 Å². The van der Waals surface area contributed by atoms with E-state index < -0.39 is 0 Å². The molecule has 8 heteroatoms. The fraction of sp³-hybridized carbons (Fsp3) is 0.867. The second-order valence-corrected chi connectivity index (χ2v) is 7.41. The third-order valence-electron chi connectivity index (χ3n) is 4.81. The number of piperidine rings is 1. The van der Waals surface area contributed by atoms with Gasteiger partial charge in [-0.3, -0.25) is 4.79 Å². The lowest BCUT2D eigenvalue weighted by molar-refractivity contribution is -0.134. The Morgan fingerprint density at radius 2 is 1.91 bits per heavy atom. The number of tetrazole rings is 1. The molecule has 2 saturated heterocycles. The maximum absolute atomic E-state index is 12.6. The summed E-state index contributed by atoms with van der Waals surface area (Å²) < 4.78 is 7.25. The summed E-state index contributed by atoms with van der Waals surface area (Å²) in [6.45, 7) is 5.78. The summed E-state index contributed by atoms with van der Waals surface area (Å²) in [5.74, 6) is 0.592. The van der Waals surface area contributed by atoms with Crippen LogP contribution in [0.25, 0.3) is 0 Å². The second-order valence-electron chi connectivity index (χ2n) is 6.47. The number of carbonyl (C=O) groups is 1. The van der Waals surface area contributed by atoms with Crippen LogP contribution in [-0.4, -0.2) is 62.1 Å². The Morgan fingerprint density at radius 1 is 1.22 bits per heavy atom. The quantitative estimate of drug-likeness (QED) is 0.780. The lowest BCUT2D eigenvalue weighted by atomic mass is 9.98. The minimum Gasteiger partial charge on any atom is -0.381 e. The number of thioether (sulfide) groups is 1. The van der Waals surface area contributed by atoms with Crippen molar-refractivity contribution in [1.29, 1.82) is 0 Å². The number of ether oxygens (including phenoxy) is 1. The minimum atomic E-state index is 0.191. The first-order chi connectivity index (χ1) is 11.2. The van der Waals surface area contributed by atoms with Crippen molar-refractivity contribution < 1.29 is 9.53 Å². The van der Waals surface area contributed by atoms with Crippen LogP contribution in [0.5, 0.6) is 0 Å². The predicted molar refractivity (Wildman–Crippen MR) is 87.3 cm³/mol. The van der Waals surface area contributed by atoms with E-state index in [0.29, 0.717) is 17.8 Å². The SMILES string of the molecule is C[C@@H]1CCC[C@H](C)N1C(=O)CSc1nnnn1C1CCOCC1. The third-order valence-corrected chi connectivity index (χ3v) is 5.72. The van der Waals surface area contributed by atoms with Gasteiger partial charge in [0, 0.05) is 25.3 Å². The average Bonchev–Trinajstić information content (AvgIpc) is 3.02. The molecule has 23 heavy (non-hydrogen) atoms. The van der Waals surface area contributed by atoms with Gasteiger partial charge in [-0.15, -0.1) is 5.10 Å². The zero-order valence-corrected chi connectivity index (χ0v) is 14.7. The van der Waals surface area contributed by atoms with Gasteiger partial charge < -0.3 is 9.64 Å². The van der Waals surface area contributed by atoms with Crippen LogP contribution in [0.2, 0.25) is 0 Å². The van der Waals surface area contributed by atoms with Crippen molar-refractivity contribution in [3.05, 3.63) is 0 Å². The highest BCUT2D eigenvalue weighted by Crippen LogP contribution is 2.27. The van der Waals surface area contributed by atoms with E-state index in [4.69, 9.17) is 4.74 Å². The molecule has 0 N–H and O–H groups in total. The van der Waals surface area contributed by atoms with E-state index in [0.717, 1.165) is 44.1 Å². The molecule has 0 unspecified atom stereocenters. The molecule has 7 nitrogen and oxygen atoms in total. The van der Waals surface area contributed by atoms with Gasteiger partial charge in [-0.2, -0.15) is 0 Å². The molecule has 0 saturated carbocycles. The smallest absolute Gasteiger partial charge is 0.233 e. The highest BCUT2D eigenvalue weighted by molar-refractivity contribution is 7.99. The first-order valence-electron chi connectivity index (χ1n) is 8.46. The van der Waals surface area contributed by atoms with Crippen LogP contribution in [-0.2, 0) is 9.53 Å². The van der Waals surface area contributed by atoms with Gasteiger partial charge in [0.15, 0.2) is 0 Å². The number of hydrogen-bond acceptors (Lipinski definition) is 6. The van der Waals surface area contributed by atoms with Crippen molar-refractivity contribution >= 4 is 17.7 Å². The lowest BCUT2D eigenvalue weighted by Crippen LogP contribution is -2.48. The van der Waals surface area contributed by atoms with Crippen LogP contribution < -0.4 is 0 Å². The van der Waals surface area contributed by atoms with Gasteiger partial charge in [-0.1, -0.05) is 11.8 Å². The Labute approximate surface area is 141 Å². The molecule has 2 aliphatic rings. The van der Waals surface area contributed by atoms with E-state index in [2.05, 4.69) is 29.4 Å². The molecule has 1 aromatic rings. The van der Waals surface area contributed by atoms with Crippen molar-refractivity contribution in [3.63, 3.8) is 0 Å². The number of carbonyl (C=O) groups excluding carboxylic acids is 1. The highest BCUT2D eigenvalue weighted by atomic mass is 32.2. The Bertz CT molecular complexity index is 522. The van der Waals surface area contributed by atoms with Crippen LogP contribution >= 0.6 is 11.8 Å². The first kappa shape index (κ1) is 16.7. The summed E-state index contributed by atoms with van der Waals surface area (Å²) >= 11 is 1.45. The van der Waals surface area contributed by atoms with E-state index in [1.54, 1.807) is 0 Å². The van der Waals surface area contributed by atoms with Crippen molar-refractivity contribution in [2.75, 3.05) is 19.0 Å². The third kappa shape index (κ3) is 3.85. The Balaban J connectivity index is 1.60. The van der Waals surface area contributed by atoms with E-state index in [1.165, 1.54) is 18.2 Å². The normalized spacial score (nSPS) is 26.4. The summed E-state index contributed by atoms with van der Waals surface area (Å²) in [5.41, 5.74) is 0. The molecular weight excluding hydrogens is 314 g/mol. The van der Waals surface area contributed by atoms with Crippen molar-refractivity contribution in [2.24, 2.45) is 0 Å². The van der Waals surface area contributed by atoms with Crippen LogP contribution in [0.15, 0.2) is 5.16 Å². The highest BCUT2D eigenvalue weighted by Gasteiger charge is 2.29. The van der Waals surface area contributed by atoms with Gasteiger partial charge in [-0.05, 0) is 56.4 Å². The van der Waals surface area contributed by atoms with Gasteiger partial charge in [0.2, 0.25) is 11.1 Å². The number of likely N-dealkylation sites (tertiary alicyclic amines) is 1. The topological polar surface area (TPSA) is 73.1 Å². The lowest BCUT2D eigenvalue weighted by Gasteiger charge is -2.39. The molecule has 0 aliphatic carbocycles. The van der Waals surface area contributed by atoms with E-state index in [-0.39, 0.29) is 11.9 Å². The molecule has 3 heterocycles. The zero-order valence-electron chi connectivity index (χ0n) is 13.8. The Kier molecular flexibility index (Phi) is 5.53. The molecule has 0 bridgehead atoms. The average molecular weight is 339 g/mol. The van der Waals surface area contributed by atoms with Gasteiger partial charge in [-0.25, -0.2) is 4.68 Å². The number of nitrogens with zero attached hydrogens (tertiary/aromatic N) is 5. The van der Waals surface area contributed by atoms with Crippen molar-refractivity contribution in [1.82, 2.24) is 25.1 Å². The van der Waals surface area contributed by atoms with Crippen molar-refractivity contribution in [2.45, 2.75) is 69.2 Å². The standard InChI is InChI=1S/C15H25N5O2S/c1-11-4-3-5-12(2)19(11)14(21)10-23-15-16-17-18-20(15)13-6-8-22-9-7-13/h11-13H,3-10H2,1-2H3/t11-,12+. The fourth-order valence-electron chi connectivity index (χ4n) is 3.55. The van der Waals surface area contributed by atoms with Crippen LogP contribution in [0, 0.1) is 0 Å². The van der Waals surface area contributed by atoms with Crippen LogP contribution in [0.3, 0.4) is 0 Å². The number of amides is 1. The molecule has 1 aromatic heterocycles. The van der Waals surface area contributed by atoms with E-state index in [9.17, 15) is 4.79 Å². The molecule has 128 valence electrons. The van der Waals surface area contributed by atoms with Gasteiger partial charge in [0.05, 0.1) is 11.8 Å². The van der Waals surface area contributed by atoms with Crippen molar-refractivity contribution in [3.8, 4) is 0 Å². The molecule has 0 aromatic carbocycles. The fourth-order valence-corrected chi connectivity index (χ4v) is 4.37. The molecule has 2 aliphatic heterocycles. The predicted octanol–water partition coefficient (Wildman–Crippen LogP) is 1.91. The summed E-state index contributed by atoms with van der Waals surface area (Å²) in [6, 6.07) is 0.945. The molecule has 0 radical (unpaired) electrons. The maximum Gasteiger partial charge on any atom is 0.233 e. The Morgan fingerprint density at radius 3 is 2.61 bits per heavy atom. The van der Waals surface area contributed by atoms with Gasteiger partial charge >= 0.3 is 0 Å². The maximum atomic E-state index is 12.6. The number of rotatable bonds is 4. The summed E-state index contributed by atoms with van der Waals surface area (Å²) in [6.07, 6.45) is 5.25. The largest absolute Gasteiger partial charge is 0.381 e. The summed E-state index contributed by atoms with van der Waals surface area (Å²) in [4.78, 5) is 14.6. The second kappa shape index (κ2) is 7.61. The molecule has 3 rings (SSSR count). The molecular formula is C15H25N5O2S. The molecule has 2 atom stereocenters. The van der Waals surface area contributed by atoms with Gasteiger partial charge in [0.1, 0.15) is 0 Å². The number of aromatic nitrogens is 4. The summed E-state index contributed by atoms with van der Waals surface area (Å²) in [7, 11) is 0. The zero-order chi connectivity index (χ0) is 16.2. The van der Waals surface area contributed by atoms with Gasteiger partial charge in [0.25, 0.3) is 0 Å². The molecule has 0 spiro atoms. The van der Waals surface area contributed by atoms with E-state index in [1.807, 2.05) is 9.58 Å². The Hall–Kier alpha value is -1.15. The first-order valence-corrected chi connectivity index (χ1v) is 9.45. The molecule has 1 amide bonds. The minimum absolute atomic E-state index is 0.191. The van der Waals surface area contributed by atoms with Crippen LogP contribution in [0.1, 0.15) is 52.0 Å².